The van der Waals surface area contributed by atoms with Crippen LogP contribution in [0.2, 0.25) is 0 Å². The maximum absolute atomic E-state index is 13.0. The molecule has 1 aliphatic heterocycles. The number of fused-ring (bicyclic) bond motifs is 1. The Morgan fingerprint density at radius 1 is 1.26 bits per heavy atom. The lowest BCUT2D eigenvalue weighted by Crippen LogP contribution is -2.54. The largest absolute Gasteiger partial charge is 0.295 e. The van der Waals surface area contributed by atoms with Gasteiger partial charge in [-0.25, -0.2) is 4.98 Å². The topological polar surface area (TPSA) is 81.1 Å². The fourth-order valence-electron chi connectivity index (χ4n) is 3.24. The molecule has 2 amide bonds. The Hall–Kier alpha value is -2.44. The van der Waals surface area contributed by atoms with Crippen LogP contribution >= 0.6 is 0 Å². The van der Waals surface area contributed by atoms with Crippen LogP contribution in [0, 0.1) is 13.8 Å². The molecule has 1 saturated heterocycles. The van der Waals surface area contributed by atoms with Crippen LogP contribution in [0.1, 0.15) is 30.7 Å². The molecule has 23 heavy (non-hydrogen) atoms. The average molecular weight is 311 g/mol. The molecule has 0 unspecified atom stereocenters. The molecule has 6 nitrogen and oxygen atoms in total. The minimum absolute atomic E-state index is 0.247. The van der Waals surface area contributed by atoms with E-state index in [-0.39, 0.29) is 17.9 Å². The van der Waals surface area contributed by atoms with Gasteiger partial charge in [0, 0.05) is 6.42 Å². The lowest BCUT2D eigenvalue weighted by atomic mass is 9.73. The van der Waals surface area contributed by atoms with Gasteiger partial charge in [-0.1, -0.05) is 11.6 Å². The molecule has 1 aromatic carbocycles. The van der Waals surface area contributed by atoms with Crippen LogP contribution in [0.5, 0.6) is 0 Å². The fraction of sp³-hybridized carbons (Fsp3) is 0.375. The fourth-order valence-corrected chi connectivity index (χ4v) is 3.24. The molecule has 118 valence electrons. The van der Waals surface area contributed by atoms with E-state index >= 15 is 0 Å². The Balaban J connectivity index is 2.28. The van der Waals surface area contributed by atoms with Gasteiger partial charge in [0.2, 0.25) is 11.8 Å². The summed E-state index contributed by atoms with van der Waals surface area (Å²) < 4.78 is 1.43. The predicted molar refractivity (Wildman–Crippen MR) is 89.0 cm³/mol. The molecule has 1 fully saturated rings. The first-order chi connectivity index (χ1) is 10.8. The summed E-state index contributed by atoms with van der Waals surface area (Å²) in [5.41, 5.74) is 0.210. The number of nitrogens with zero attached hydrogens (tertiary/aromatic N) is 2. The molecule has 3 rings (SSSR count). The van der Waals surface area contributed by atoms with E-state index in [4.69, 9.17) is 0 Å². The van der Waals surface area contributed by atoms with Gasteiger partial charge in [0.05, 0.1) is 16.3 Å². The summed E-state index contributed by atoms with van der Waals surface area (Å²) in [7, 11) is 1.69. The second kappa shape index (κ2) is 5.33. The highest BCUT2D eigenvalue weighted by molar-refractivity contribution is 6.28. The predicted octanol–water partition coefficient (Wildman–Crippen LogP) is 0.126. The molecule has 2 heterocycles. The normalized spacial score (nSPS) is 22.0. The van der Waals surface area contributed by atoms with Gasteiger partial charge in [0.15, 0.2) is 0 Å². The van der Waals surface area contributed by atoms with Crippen molar-refractivity contribution in [2.45, 2.75) is 38.5 Å². The van der Waals surface area contributed by atoms with Crippen LogP contribution in [-0.4, -0.2) is 29.2 Å². The van der Waals surface area contributed by atoms with E-state index in [1.807, 2.05) is 19.1 Å². The third-order valence-electron chi connectivity index (χ3n) is 4.49. The first-order valence-corrected chi connectivity index (χ1v) is 7.68. The molecule has 0 bridgehead atoms. The van der Waals surface area contributed by atoms with Crippen molar-refractivity contribution in [3.05, 3.63) is 39.9 Å². The molecule has 1 aromatic heterocycles. The SMILES string of the molecule is B[C@]1(n2c(C)nc3ccc(C)cc3c2=O)CCCC(=O)NC1=O. The van der Waals surface area contributed by atoms with Gasteiger partial charge in [-0.2, -0.15) is 0 Å². The molecule has 0 radical (unpaired) electrons. The standard InChI is InChI=1S/C16H18BN3O3/c1-9-5-6-12-11(8-9)14(22)20(10(2)18-12)16(17)7-3-4-13(21)19-15(16)23/h5-6,8H,3-4,7,17H2,1-2H3,(H,19,21,23)/t16-/m0/s1. The summed E-state index contributed by atoms with van der Waals surface area (Å²) >= 11 is 0. The summed E-state index contributed by atoms with van der Waals surface area (Å²) in [5.74, 6) is -0.272. The number of aryl methyl sites for hydroxylation is 2. The lowest BCUT2D eigenvalue weighted by Gasteiger charge is -2.30. The van der Waals surface area contributed by atoms with Gasteiger partial charge in [-0.3, -0.25) is 24.3 Å². The zero-order chi connectivity index (χ0) is 16.8. The van der Waals surface area contributed by atoms with E-state index in [0.29, 0.717) is 29.6 Å². The van der Waals surface area contributed by atoms with Crippen molar-refractivity contribution in [2.75, 3.05) is 0 Å². The average Bonchev–Trinajstić information content (AvgIpc) is 2.59. The highest BCUT2D eigenvalue weighted by Gasteiger charge is 2.39. The zero-order valence-electron chi connectivity index (χ0n) is 13.5. The Kier molecular flexibility index (Phi) is 3.58. The van der Waals surface area contributed by atoms with Crippen molar-refractivity contribution in [3.63, 3.8) is 0 Å². The smallest absolute Gasteiger partial charge is 0.261 e. The van der Waals surface area contributed by atoms with E-state index in [1.165, 1.54) is 4.57 Å². The second-order valence-electron chi connectivity index (χ2n) is 6.32. The maximum atomic E-state index is 13.0. The Morgan fingerprint density at radius 3 is 2.74 bits per heavy atom. The van der Waals surface area contributed by atoms with Crippen molar-refractivity contribution in [3.8, 4) is 0 Å². The molecule has 0 saturated carbocycles. The first kappa shape index (κ1) is 15.5. The van der Waals surface area contributed by atoms with Gasteiger partial charge in [0.25, 0.3) is 5.56 Å². The highest BCUT2D eigenvalue weighted by atomic mass is 16.2. The molecular formula is C16H18BN3O3. The molecule has 1 atom stereocenters. The molecule has 0 aliphatic carbocycles. The summed E-state index contributed by atoms with van der Waals surface area (Å²) in [6.07, 6.45) is 1.26. The highest BCUT2D eigenvalue weighted by Crippen LogP contribution is 2.24. The number of amides is 2. The van der Waals surface area contributed by atoms with E-state index in [0.717, 1.165) is 5.56 Å². The summed E-state index contributed by atoms with van der Waals surface area (Å²) in [5, 5.41) is 2.87. The van der Waals surface area contributed by atoms with E-state index < -0.39 is 11.3 Å². The third-order valence-corrected chi connectivity index (χ3v) is 4.49. The Bertz CT molecular complexity index is 890. The van der Waals surface area contributed by atoms with Gasteiger partial charge in [-0.05, 0) is 38.8 Å². The minimum atomic E-state index is -1.11. The number of hydrogen-bond donors (Lipinski definition) is 1. The Labute approximate surface area is 134 Å². The number of nitrogens with one attached hydrogen (secondary N) is 1. The molecule has 0 spiro atoms. The summed E-state index contributed by atoms with van der Waals surface area (Å²) in [6.45, 7) is 3.62. The number of aromatic nitrogens is 2. The Morgan fingerprint density at radius 2 is 2.00 bits per heavy atom. The van der Waals surface area contributed by atoms with Crippen LogP contribution < -0.4 is 10.9 Å². The summed E-state index contributed by atoms with van der Waals surface area (Å²) in [6, 6.07) is 5.49. The van der Waals surface area contributed by atoms with E-state index in [2.05, 4.69) is 10.3 Å². The van der Waals surface area contributed by atoms with Gasteiger partial charge in [0.1, 0.15) is 13.7 Å². The number of rotatable bonds is 1. The lowest BCUT2D eigenvalue weighted by molar-refractivity contribution is -0.132. The summed E-state index contributed by atoms with van der Waals surface area (Å²) in [4.78, 5) is 41.6. The molecule has 2 aromatic rings. The third kappa shape index (κ3) is 2.46. The first-order valence-electron chi connectivity index (χ1n) is 7.68. The van der Waals surface area contributed by atoms with Gasteiger partial charge < -0.3 is 0 Å². The van der Waals surface area contributed by atoms with Crippen LogP contribution in [-0.2, 0) is 15.0 Å². The number of carbonyl (C=O) groups is 2. The maximum Gasteiger partial charge on any atom is 0.261 e. The number of hydrogen-bond acceptors (Lipinski definition) is 4. The monoisotopic (exact) mass is 311 g/mol. The quantitative estimate of drug-likeness (QED) is 0.599. The van der Waals surface area contributed by atoms with Crippen molar-refractivity contribution in [1.82, 2.24) is 14.9 Å². The zero-order valence-corrected chi connectivity index (χ0v) is 13.5. The van der Waals surface area contributed by atoms with Crippen LogP contribution in [0.25, 0.3) is 10.9 Å². The number of benzene rings is 1. The second-order valence-corrected chi connectivity index (χ2v) is 6.32. The van der Waals surface area contributed by atoms with Crippen molar-refractivity contribution >= 4 is 30.6 Å². The van der Waals surface area contributed by atoms with Crippen LogP contribution in [0.15, 0.2) is 23.0 Å². The molecule has 1 N–H and O–H groups in total. The van der Waals surface area contributed by atoms with Crippen LogP contribution in [0.3, 0.4) is 0 Å². The number of imide groups is 1. The number of carbonyl (C=O) groups excluding carboxylic acids is 2. The van der Waals surface area contributed by atoms with Gasteiger partial charge >= 0.3 is 0 Å². The molecule has 1 aliphatic rings. The van der Waals surface area contributed by atoms with Crippen molar-refractivity contribution in [1.29, 1.82) is 0 Å². The molecule has 7 heteroatoms. The van der Waals surface area contributed by atoms with E-state index in [1.54, 1.807) is 20.8 Å². The minimum Gasteiger partial charge on any atom is -0.295 e. The van der Waals surface area contributed by atoms with Gasteiger partial charge in [-0.15, -0.1) is 0 Å². The van der Waals surface area contributed by atoms with Crippen molar-refractivity contribution in [2.24, 2.45) is 0 Å². The molecular weight excluding hydrogens is 293 g/mol. The van der Waals surface area contributed by atoms with Crippen LogP contribution in [0.4, 0.5) is 0 Å². The van der Waals surface area contributed by atoms with Crippen molar-refractivity contribution < 1.29 is 9.59 Å². The van der Waals surface area contributed by atoms with E-state index in [9.17, 15) is 14.4 Å².